The quantitative estimate of drug-likeness (QED) is 0.946. The van der Waals surface area contributed by atoms with Crippen LogP contribution in [0.4, 0.5) is 19.0 Å². The first-order valence-corrected chi connectivity index (χ1v) is 6.94. The van der Waals surface area contributed by atoms with Gasteiger partial charge in [0.1, 0.15) is 18.2 Å². The molecule has 2 heterocycles. The molecule has 2 aromatic heterocycles. The monoisotopic (exact) mass is 299 g/mol. The van der Waals surface area contributed by atoms with Crippen LogP contribution in [0, 0.1) is 0 Å². The van der Waals surface area contributed by atoms with Crippen LogP contribution in [0.15, 0.2) is 6.20 Å². The summed E-state index contributed by atoms with van der Waals surface area (Å²) in [4.78, 5) is 8.81. The van der Waals surface area contributed by atoms with Crippen molar-refractivity contribution >= 4 is 16.9 Å². The first-order valence-electron chi connectivity index (χ1n) is 6.94. The fourth-order valence-electron chi connectivity index (χ4n) is 2.72. The summed E-state index contributed by atoms with van der Waals surface area (Å²) in [5.74, 6) is 1.07. The highest BCUT2D eigenvalue weighted by Crippen LogP contribution is 2.34. The number of rotatable bonds is 3. The van der Waals surface area contributed by atoms with Gasteiger partial charge in [-0.2, -0.15) is 18.3 Å². The molecule has 3 rings (SSSR count). The predicted octanol–water partition coefficient (Wildman–Crippen LogP) is 3.00. The van der Waals surface area contributed by atoms with Crippen LogP contribution in [0.2, 0.25) is 0 Å². The van der Waals surface area contributed by atoms with Crippen LogP contribution < -0.4 is 5.32 Å². The molecule has 0 aliphatic heterocycles. The number of anilines is 1. The molecule has 2 aromatic rings. The van der Waals surface area contributed by atoms with Crippen LogP contribution in [-0.4, -0.2) is 32.5 Å². The number of halogens is 3. The van der Waals surface area contributed by atoms with Crippen LogP contribution in [0.25, 0.3) is 11.0 Å². The van der Waals surface area contributed by atoms with Crippen molar-refractivity contribution in [1.82, 2.24) is 19.7 Å². The second-order valence-corrected chi connectivity index (χ2v) is 5.39. The Balaban J connectivity index is 1.99. The number of hydrogen-bond donors (Lipinski definition) is 1. The fraction of sp³-hybridized carbons (Fsp3) is 0.615. The van der Waals surface area contributed by atoms with Crippen LogP contribution in [0.3, 0.4) is 0 Å². The van der Waals surface area contributed by atoms with E-state index in [1.54, 1.807) is 11.7 Å². The highest BCUT2D eigenvalue weighted by atomic mass is 19.4. The molecule has 5 nitrogen and oxygen atoms in total. The average molecular weight is 299 g/mol. The van der Waals surface area contributed by atoms with E-state index in [9.17, 15) is 13.2 Å². The van der Waals surface area contributed by atoms with Crippen molar-refractivity contribution < 1.29 is 13.2 Å². The summed E-state index contributed by atoms with van der Waals surface area (Å²) >= 11 is 0. The number of fused-ring (bicyclic) bond motifs is 1. The maximum Gasteiger partial charge on any atom is 0.405 e. The third-order valence-corrected chi connectivity index (χ3v) is 3.79. The van der Waals surface area contributed by atoms with Gasteiger partial charge in [-0.15, -0.1) is 0 Å². The summed E-state index contributed by atoms with van der Waals surface area (Å²) in [7, 11) is 1.72. The van der Waals surface area contributed by atoms with Crippen molar-refractivity contribution in [2.75, 3.05) is 11.9 Å². The lowest BCUT2D eigenvalue weighted by molar-refractivity contribution is -0.115. The zero-order valence-corrected chi connectivity index (χ0v) is 11.6. The van der Waals surface area contributed by atoms with Gasteiger partial charge in [0, 0.05) is 13.0 Å². The molecule has 1 saturated carbocycles. The van der Waals surface area contributed by atoms with Gasteiger partial charge in [0.15, 0.2) is 5.65 Å². The molecule has 1 fully saturated rings. The predicted molar refractivity (Wildman–Crippen MR) is 72.1 cm³/mol. The number of nitrogens with zero attached hydrogens (tertiary/aromatic N) is 4. The van der Waals surface area contributed by atoms with Gasteiger partial charge in [-0.1, -0.05) is 12.8 Å². The summed E-state index contributed by atoms with van der Waals surface area (Å²) in [6.45, 7) is -1.11. The standard InChI is InChI=1S/C13H16F3N5/c1-21-12-9(6-18-21)11(17-7-13(14,15)16)19-10(20-12)8-4-2-3-5-8/h6,8H,2-5,7H2,1H3,(H,17,19,20). The van der Waals surface area contributed by atoms with Crippen molar-refractivity contribution in [1.29, 1.82) is 0 Å². The molecule has 21 heavy (non-hydrogen) atoms. The molecule has 0 atom stereocenters. The van der Waals surface area contributed by atoms with Gasteiger partial charge in [-0.05, 0) is 12.8 Å². The molecule has 0 bridgehead atoms. The molecule has 0 amide bonds. The van der Waals surface area contributed by atoms with Crippen LogP contribution in [-0.2, 0) is 7.05 Å². The third-order valence-electron chi connectivity index (χ3n) is 3.79. The van der Waals surface area contributed by atoms with Crippen LogP contribution in [0.5, 0.6) is 0 Å². The minimum Gasteiger partial charge on any atom is -0.360 e. The van der Waals surface area contributed by atoms with Crippen LogP contribution >= 0.6 is 0 Å². The molecule has 1 aliphatic rings. The van der Waals surface area contributed by atoms with Crippen LogP contribution in [0.1, 0.15) is 37.4 Å². The molecule has 0 spiro atoms. The topological polar surface area (TPSA) is 55.6 Å². The van der Waals surface area contributed by atoms with E-state index in [4.69, 9.17) is 0 Å². The number of aryl methyl sites for hydroxylation is 1. The molecule has 0 radical (unpaired) electrons. The maximum absolute atomic E-state index is 12.4. The Bertz CT molecular complexity index is 643. The Labute approximate surface area is 119 Å². The van der Waals surface area contributed by atoms with E-state index in [0.29, 0.717) is 16.9 Å². The Morgan fingerprint density at radius 1 is 1.29 bits per heavy atom. The van der Waals surface area contributed by atoms with Crippen molar-refractivity contribution in [3.63, 3.8) is 0 Å². The number of aromatic nitrogens is 4. The highest BCUT2D eigenvalue weighted by Gasteiger charge is 2.28. The zero-order chi connectivity index (χ0) is 15.0. The molecule has 114 valence electrons. The van der Waals surface area contributed by atoms with Gasteiger partial charge in [0.25, 0.3) is 0 Å². The van der Waals surface area contributed by atoms with Gasteiger partial charge in [0.05, 0.1) is 11.6 Å². The third kappa shape index (κ3) is 2.93. The molecule has 0 aromatic carbocycles. The molecule has 1 N–H and O–H groups in total. The van der Waals surface area contributed by atoms with Crippen molar-refractivity contribution in [2.24, 2.45) is 7.05 Å². The highest BCUT2D eigenvalue weighted by molar-refractivity contribution is 5.86. The van der Waals surface area contributed by atoms with Gasteiger partial charge in [0.2, 0.25) is 0 Å². The molecular formula is C13H16F3N5. The van der Waals surface area contributed by atoms with E-state index in [0.717, 1.165) is 25.7 Å². The van der Waals surface area contributed by atoms with Gasteiger partial charge in [-0.25, -0.2) is 9.97 Å². The second kappa shape index (κ2) is 5.16. The largest absolute Gasteiger partial charge is 0.405 e. The zero-order valence-electron chi connectivity index (χ0n) is 11.6. The van der Waals surface area contributed by atoms with Gasteiger partial charge >= 0.3 is 6.18 Å². The normalized spacial score (nSPS) is 16.8. The minimum absolute atomic E-state index is 0.215. The number of nitrogens with one attached hydrogen (secondary N) is 1. The van der Waals surface area contributed by atoms with E-state index in [2.05, 4.69) is 20.4 Å². The summed E-state index contributed by atoms with van der Waals surface area (Å²) in [6, 6.07) is 0. The van der Waals surface area contributed by atoms with E-state index in [1.807, 2.05) is 0 Å². The first kappa shape index (κ1) is 14.1. The lowest BCUT2D eigenvalue weighted by Crippen LogP contribution is -2.22. The summed E-state index contributed by atoms with van der Waals surface area (Å²) in [5.41, 5.74) is 0.566. The molecule has 0 unspecified atom stereocenters. The Morgan fingerprint density at radius 2 is 2.00 bits per heavy atom. The summed E-state index contributed by atoms with van der Waals surface area (Å²) < 4.78 is 38.8. The fourth-order valence-corrected chi connectivity index (χ4v) is 2.72. The minimum atomic E-state index is -4.28. The average Bonchev–Trinajstić information content (AvgIpc) is 3.05. The van der Waals surface area contributed by atoms with E-state index < -0.39 is 12.7 Å². The van der Waals surface area contributed by atoms with Gasteiger partial charge < -0.3 is 5.32 Å². The van der Waals surface area contributed by atoms with Crippen molar-refractivity contribution in [3.8, 4) is 0 Å². The second-order valence-electron chi connectivity index (χ2n) is 5.39. The molecule has 1 aliphatic carbocycles. The van der Waals surface area contributed by atoms with Crippen molar-refractivity contribution in [2.45, 2.75) is 37.8 Å². The Hall–Kier alpha value is -1.86. The van der Waals surface area contributed by atoms with E-state index in [1.165, 1.54) is 6.20 Å². The summed E-state index contributed by atoms with van der Waals surface area (Å²) in [5, 5.41) is 6.95. The molecule has 0 saturated heterocycles. The SMILES string of the molecule is Cn1ncc2c(NCC(F)(F)F)nc(C3CCCC3)nc21. The molecular weight excluding hydrogens is 283 g/mol. The first-order chi connectivity index (χ1) is 9.94. The molecule has 8 heteroatoms. The summed E-state index contributed by atoms with van der Waals surface area (Å²) in [6.07, 6.45) is 1.41. The lowest BCUT2D eigenvalue weighted by Gasteiger charge is -2.13. The van der Waals surface area contributed by atoms with Gasteiger partial charge in [-0.3, -0.25) is 4.68 Å². The van der Waals surface area contributed by atoms with E-state index in [-0.39, 0.29) is 11.7 Å². The van der Waals surface area contributed by atoms with Crippen molar-refractivity contribution in [3.05, 3.63) is 12.0 Å². The maximum atomic E-state index is 12.4. The lowest BCUT2D eigenvalue weighted by atomic mass is 10.1. The number of hydrogen-bond acceptors (Lipinski definition) is 4. The Kier molecular flexibility index (Phi) is 3.46. The smallest absolute Gasteiger partial charge is 0.360 e. The van der Waals surface area contributed by atoms with E-state index >= 15 is 0 Å². The number of alkyl halides is 3. The Morgan fingerprint density at radius 3 is 2.67 bits per heavy atom.